The number of aryl methyl sites for hydroxylation is 1. The van der Waals surface area contributed by atoms with Gasteiger partial charge >= 0.3 is 0 Å². The molecule has 18 heavy (non-hydrogen) atoms. The van der Waals surface area contributed by atoms with Crippen LogP contribution in [0.1, 0.15) is 5.56 Å². The van der Waals surface area contributed by atoms with Crippen molar-refractivity contribution in [3.05, 3.63) is 53.3 Å². The molecule has 2 rings (SSSR count). The Balaban J connectivity index is 1.76. The standard InChI is InChI=1S/C14H15ClN2O/c1-11-3-2-4-13(9-11)18-8-7-16-12-5-6-17-14(15)10-12/h2-6,9-10H,7-8H2,1H3,(H,16,17). The number of benzene rings is 1. The van der Waals surface area contributed by atoms with E-state index in [2.05, 4.69) is 10.3 Å². The maximum Gasteiger partial charge on any atom is 0.131 e. The predicted molar refractivity (Wildman–Crippen MR) is 74.4 cm³/mol. The van der Waals surface area contributed by atoms with Gasteiger partial charge in [-0.05, 0) is 36.8 Å². The van der Waals surface area contributed by atoms with Crippen molar-refractivity contribution >= 4 is 17.3 Å². The molecule has 0 saturated carbocycles. The van der Waals surface area contributed by atoms with Crippen molar-refractivity contribution in [3.63, 3.8) is 0 Å². The summed E-state index contributed by atoms with van der Waals surface area (Å²) in [4.78, 5) is 3.92. The molecule has 94 valence electrons. The van der Waals surface area contributed by atoms with Gasteiger partial charge in [0.05, 0.1) is 0 Å². The summed E-state index contributed by atoms with van der Waals surface area (Å²) < 4.78 is 5.63. The molecule has 0 amide bonds. The molecule has 0 radical (unpaired) electrons. The monoisotopic (exact) mass is 262 g/mol. The van der Waals surface area contributed by atoms with Gasteiger partial charge in [0.25, 0.3) is 0 Å². The first kappa shape index (κ1) is 12.7. The average molecular weight is 263 g/mol. The fourth-order valence-corrected chi connectivity index (χ4v) is 1.76. The molecule has 3 nitrogen and oxygen atoms in total. The van der Waals surface area contributed by atoms with Crippen molar-refractivity contribution in [2.24, 2.45) is 0 Å². The topological polar surface area (TPSA) is 34.1 Å². The van der Waals surface area contributed by atoms with Crippen LogP contribution in [-0.4, -0.2) is 18.1 Å². The molecular weight excluding hydrogens is 248 g/mol. The quantitative estimate of drug-likeness (QED) is 0.661. The SMILES string of the molecule is Cc1cccc(OCCNc2ccnc(Cl)c2)c1. The maximum absolute atomic E-state index is 5.79. The lowest BCUT2D eigenvalue weighted by atomic mass is 10.2. The van der Waals surface area contributed by atoms with Gasteiger partial charge in [-0.15, -0.1) is 0 Å². The van der Waals surface area contributed by atoms with Gasteiger partial charge in [-0.3, -0.25) is 0 Å². The molecule has 2 aromatic rings. The summed E-state index contributed by atoms with van der Waals surface area (Å²) in [5, 5.41) is 3.71. The van der Waals surface area contributed by atoms with Crippen molar-refractivity contribution in [1.29, 1.82) is 0 Å². The molecule has 1 heterocycles. The van der Waals surface area contributed by atoms with Crippen molar-refractivity contribution in [2.75, 3.05) is 18.5 Å². The van der Waals surface area contributed by atoms with Crippen LogP contribution in [0.25, 0.3) is 0 Å². The van der Waals surface area contributed by atoms with E-state index in [0.29, 0.717) is 18.3 Å². The van der Waals surface area contributed by atoms with Crippen molar-refractivity contribution in [1.82, 2.24) is 4.98 Å². The molecule has 0 aliphatic heterocycles. The van der Waals surface area contributed by atoms with Crippen molar-refractivity contribution in [3.8, 4) is 5.75 Å². The minimum absolute atomic E-state index is 0.486. The van der Waals surface area contributed by atoms with E-state index in [-0.39, 0.29) is 0 Å². The first-order chi connectivity index (χ1) is 8.74. The lowest BCUT2D eigenvalue weighted by Crippen LogP contribution is -2.11. The normalized spacial score (nSPS) is 10.1. The Kier molecular flexibility index (Phi) is 4.42. The number of anilines is 1. The van der Waals surface area contributed by atoms with Crippen LogP contribution >= 0.6 is 11.6 Å². The van der Waals surface area contributed by atoms with Gasteiger partial charge in [-0.25, -0.2) is 4.98 Å². The highest BCUT2D eigenvalue weighted by molar-refractivity contribution is 6.29. The van der Waals surface area contributed by atoms with Gasteiger partial charge in [-0.2, -0.15) is 0 Å². The van der Waals surface area contributed by atoms with Crippen LogP contribution in [0, 0.1) is 6.92 Å². The Hall–Kier alpha value is -1.74. The zero-order valence-corrected chi connectivity index (χ0v) is 10.9. The van der Waals surface area contributed by atoms with Crippen LogP contribution in [0.4, 0.5) is 5.69 Å². The number of ether oxygens (including phenoxy) is 1. The highest BCUT2D eigenvalue weighted by atomic mass is 35.5. The van der Waals surface area contributed by atoms with Crippen LogP contribution in [0.3, 0.4) is 0 Å². The van der Waals surface area contributed by atoms with E-state index < -0.39 is 0 Å². The third kappa shape index (κ3) is 3.93. The molecule has 1 aromatic heterocycles. The van der Waals surface area contributed by atoms with Crippen LogP contribution in [0.2, 0.25) is 5.15 Å². The Morgan fingerprint density at radius 2 is 2.17 bits per heavy atom. The molecule has 1 N–H and O–H groups in total. The molecule has 0 saturated heterocycles. The molecule has 0 fully saturated rings. The van der Waals surface area contributed by atoms with Crippen LogP contribution < -0.4 is 10.1 Å². The second kappa shape index (κ2) is 6.26. The van der Waals surface area contributed by atoms with E-state index in [1.165, 1.54) is 5.56 Å². The number of nitrogens with zero attached hydrogens (tertiary/aromatic N) is 1. The van der Waals surface area contributed by atoms with Gasteiger partial charge in [0, 0.05) is 18.4 Å². The van der Waals surface area contributed by atoms with Crippen LogP contribution in [0.15, 0.2) is 42.6 Å². The summed E-state index contributed by atoms with van der Waals surface area (Å²) in [6.07, 6.45) is 1.67. The summed E-state index contributed by atoms with van der Waals surface area (Å²) in [6.45, 7) is 3.36. The van der Waals surface area contributed by atoms with Crippen LogP contribution in [-0.2, 0) is 0 Å². The van der Waals surface area contributed by atoms with Gasteiger partial charge in [-0.1, -0.05) is 23.7 Å². The van der Waals surface area contributed by atoms with Gasteiger partial charge < -0.3 is 10.1 Å². The van der Waals surface area contributed by atoms with Crippen molar-refractivity contribution in [2.45, 2.75) is 6.92 Å². The summed E-state index contributed by atoms with van der Waals surface area (Å²) >= 11 is 5.79. The lowest BCUT2D eigenvalue weighted by Gasteiger charge is -2.09. The summed E-state index contributed by atoms with van der Waals surface area (Å²) in [5.41, 5.74) is 2.14. The molecule has 0 aliphatic rings. The summed E-state index contributed by atoms with van der Waals surface area (Å²) in [6, 6.07) is 11.7. The van der Waals surface area contributed by atoms with Gasteiger partial charge in [0.1, 0.15) is 17.5 Å². The molecule has 0 aliphatic carbocycles. The minimum Gasteiger partial charge on any atom is -0.492 e. The Morgan fingerprint density at radius 1 is 1.28 bits per heavy atom. The number of rotatable bonds is 5. The van der Waals surface area contributed by atoms with Crippen LogP contribution in [0.5, 0.6) is 5.75 Å². The van der Waals surface area contributed by atoms with Gasteiger partial charge in [0.2, 0.25) is 0 Å². The van der Waals surface area contributed by atoms with Gasteiger partial charge in [0.15, 0.2) is 0 Å². The lowest BCUT2D eigenvalue weighted by molar-refractivity contribution is 0.332. The van der Waals surface area contributed by atoms with E-state index in [1.807, 2.05) is 37.3 Å². The Labute approximate surface area is 112 Å². The third-order valence-electron chi connectivity index (χ3n) is 2.42. The third-order valence-corrected chi connectivity index (χ3v) is 2.62. The first-order valence-corrected chi connectivity index (χ1v) is 6.17. The second-order valence-corrected chi connectivity index (χ2v) is 4.35. The Bertz CT molecular complexity index is 469. The number of nitrogens with one attached hydrogen (secondary N) is 1. The van der Waals surface area contributed by atoms with E-state index in [0.717, 1.165) is 11.4 Å². The predicted octanol–water partition coefficient (Wildman–Crippen LogP) is 3.53. The fourth-order valence-electron chi connectivity index (χ4n) is 1.58. The number of aromatic nitrogens is 1. The number of pyridine rings is 1. The first-order valence-electron chi connectivity index (χ1n) is 5.79. The molecule has 0 bridgehead atoms. The Morgan fingerprint density at radius 3 is 2.94 bits per heavy atom. The maximum atomic E-state index is 5.79. The molecule has 4 heteroatoms. The zero-order valence-electron chi connectivity index (χ0n) is 10.2. The van der Waals surface area contributed by atoms with Crippen molar-refractivity contribution < 1.29 is 4.74 Å². The summed E-state index contributed by atoms with van der Waals surface area (Å²) in [7, 11) is 0. The summed E-state index contributed by atoms with van der Waals surface area (Å²) in [5.74, 6) is 0.893. The molecular formula is C14H15ClN2O. The molecule has 0 atom stereocenters. The largest absolute Gasteiger partial charge is 0.492 e. The molecule has 0 spiro atoms. The highest BCUT2D eigenvalue weighted by Crippen LogP contribution is 2.13. The second-order valence-electron chi connectivity index (χ2n) is 3.96. The smallest absolute Gasteiger partial charge is 0.131 e. The van der Waals surface area contributed by atoms with E-state index >= 15 is 0 Å². The molecule has 1 aromatic carbocycles. The minimum atomic E-state index is 0.486. The average Bonchev–Trinajstić information content (AvgIpc) is 2.35. The number of hydrogen-bond donors (Lipinski definition) is 1. The van der Waals surface area contributed by atoms with E-state index in [9.17, 15) is 0 Å². The van der Waals surface area contributed by atoms with E-state index in [4.69, 9.17) is 16.3 Å². The number of halogens is 1. The fraction of sp³-hybridized carbons (Fsp3) is 0.214. The number of hydrogen-bond acceptors (Lipinski definition) is 3. The zero-order chi connectivity index (χ0) is 12.8. The van der Waals surface area contributed by atoms with E-state index in [1.54, 1.807) is 12.3 Å². The highest BCUT2D eigenvalue weighted by Gasteiger charge is 1.96. The molecule has 0 unspecified atom stereocenters.